The molecule has 0 radical (unpaired) electrons. The summed E-state index contributed by atoms with van der Waals surface area (Å²) in [5.74, 6) is 0. The van der Waals surface area contributed by atoms with Crippen molar-refractivity contribution in [2.45, 2.75) is 19.6 Å². The molecular formula is C13H13ClF3N3. The first kappa shape index (κ1) is 14.9. The Morgan fingerprint density at radius 2 is 2.05 bits per heavy atom. The van der Waals surface area contributed by atoms with Crippen molar-refractivity contribution in [1.82, 2.24) is 15.1 Å². The summed E-state index contributed by atoms with van der Waals surface area (Å²) in [6.07, 6.45) is -3.08. The number of nitrogens with one attached hydrogen (secondary N) is 1. The van der Waals surface area contributed by atoms with Crippen LogP contribution in [0.1, 0.15) is 16.8 Å². The third-order valence-electron chi connectivity index (χ3n) is 2.83. The van der Waals surface area contributed by atoms with E-state index < -0.39 is 11.7 Å². The molecule has 0 bridgehead atoms. The van der Waals surface area contributed by atoms with Gasteiger partial charge in [0, 0.05) is 12.7 Å². The third kappa shape index (κ3) is 2.96. The Morgan fingerprint density at radius 3 is 2.55 bits per heavy atom. The van der Waals surface area contributed by atoms with Gasteiger partial charge in [0.05, 0.1) is 22.0 Å². The van der Waals surface area contributed by atoms with Gasteiger partial charge in [0.25, 0.3) is 0 Å². The van der Waals surface area contributed by atoms with E-state index in [0.29, 0.717) is 22.8 Å². The third-order valence-corrected chi connectivity index (χ3v) is 3.20. The van der Waals surface area contributed by atoms with Crippen molar-refractivity contribution in [3.05, 3.63) is 46.2 Å². The Labute approximate surface area is 119 Å². The van der Waals surface area contributed by atoms with Crippen LogP contribution in [0.25, 0.3) is 5.69 Å². The standard InChI is InChI=1S/C13H13ClF3N3/c1-8-11(14)7-20(19-8)12-4-3-9(6-18-2)5-10(12)13(15,16)17/h3-5,7,18H,6H2,1-2H3. The minimum Gasteiger partial charge on any atom is -0.316 e. The molecule has 7 heteroatoms. The van der Waals surface area contributed by atoms with Crippen molar-refractivity contribution in [3.63, 3.8) is 0 Å². The van der Waals surface area contributed by atoms with E-state index in [4.69, 9.17) is 11.6 Å². The van der Waals surface area contributed by atoms with Crippen molar-refractivity contribution < 1.29 is 13.2 Å². The first-order chi connectivity index (χ1) is 9.32. The maximum Gasteiger partial charge on any atom is 0.418 e. The summed E-state index contributed by atoms with van der Waals surface area (Å²) >= 11 is 5.85. The number of alkyl halides is 3. The number of hydrogen-bond donors (Lipinski definition) is 1. The zero-order chi connectivity index (χ0) is 14.9. The first-order valence-corrected chi connectivity index (χ1v) is 6.27. The lowest BCUT2D eigenvalue weighted by Crippen LogP contribution is -2.13. The second-order valence-corrected chi connectivity index (χ2v) is 4.79. The largest absolute Gasteiger partial charge is 0.418 e. The topological polar surface area (TPSA) is 29.9 Å². The van der Waals surface area contributed by atoms with Gasteiger partial charge >= 0.3 is 6.18 Å². The average molecular weight is 304 g/mol. The summed E-state index contributed by atoms with van der Waals surface area (Å²) in [6, 6.07) is 4.15. The number of nitrogens with zero attached hydrogens (tertiary/aromatic N) is 2. The normalized spacial score (nSPS) is 11.9. The van der Waals surface area contributed by atoms with E-state index in [1.54, 1.807) is 20.0 Å². The summed E-state index contributed by atoms with van der Waals surface area (Å²) in [4.78, 5) is 0. The zero-order valence-electron chi connectivity index (χ0n) is 10.9. The van der Waals surface area contributed by atoms with Crippen LogP contribution in [-0.2, 0) is 12.7 Å². The molecule has 0 unspecified atom stereocenters. The lowest BCUT2D eigenvalue weighted by Gasteiger charge is -2.14. The fourth-order valence-corrected chi connectivity index (χ4v) is 2.02. The smallest absolute Gasteiger partial charge is 0.316 e. The van der Waals surface area contributed by atoms with E-state index in [9.17, 15) is 13.2 Å². The van der Waals surface area contributed by atoms with Gasteiger partial charge in [-0.1, -0.05) is 17.7 Å². The average Bonchev–Trinajstić information content (AvgIpc) is 2.69. The van der Waals surface area contributed by atoms with Crippen molar-refractivity contribution in [3.8, 4) is 5.69 Å². The molecule has 0 spiro atoms. The number of rotatable bonds is 3. The van der Waals surface area contributed by atoms with Gasteiger partial charge in [-0.3, -0.25) is 0 Å². The molecule has 20 heavy (non-hydrogen) atoms. The van der Waals surface area contributed by atoms with Crippen LogP contribution < -0.4 is 5.32 Å². The highest BCUT2D eigenvalue weighted by Gasteiger charge is 2.34. The second kappa shape index (κ2) is 5.46. The number of hydrogen-bond acceptors (Lipinski definition) is 2. The van der Waals surface area contributed by atoms with E-state index in [2.05, 4.69) is 10.4 Å². The molecule has 3 nitrogen and oxygen atoms in total. The summed E-state index contributed by atoms with van der Waals surface area (Å²) in [5, 5.41) is 7.15. The van der Waals surface area contributed by atoms with Crippen molar-refractivity contribution in [2.75, 3.05) is 7.05 Å². The molecule has 0 amide bonds. The van der Waals surface area contributed by atoms with Crippen molar-refractivity contribution in [1.29, 1.82) is 0 Å². The molecule has 2 aromatic rings. The first-order valence-electron chi connectivity index (χ1n) is 5.90. The highest BCUT2D eigenvalue weighted by molar-refractivity contribution is 6.31. The van der Waals surface area contributed by atoms with Gasteiger partial charge in [0.1, 0.15) is 0 Å². The molecule has 0 aliphatic carbocycles. The Bertz CT molecular complexity index is 600. The molecule has 0 aliphatic heterocycles. The molecule has 2 rings (SSSR count). The van der Waals surface area contributed by atoms with Crippen LogP contribution in [0.5, 0.6) is 0 Å². The molecule has 108 valence electrons. The maximum atomic E-state index is 13.2. The van der Waals surface area contributed by atoms with E-state index in [1.165, 1.54) is 12.3 Å². The Morgan fingerprint density at radius 1 is 1.35 bits per heavy atom. The quantitative estimate of drug-likeness (QED) is 0.939. The lowest BCUT2D eigenvalue weighted by molar-refractivity contribution is -0.137. The second-order valence-electron chi connectivity index (χ2n) is 4.39. The van der Waals surface area contributed by atoms with E-state index in [0.717, 1.165) is 10.7 Å². The monoisotopic (exact) mass is 303 g/mol. The molecule has 0 atom stereocenters. The van der Waals surface area contributed by atoms with Crippen molar-refractivity contribution >= 4 is 11.6 Å². The van der Waals surface area contributed by atoms with Gasteiger partial charge in [-0.25, -0.2) is 4.68 Å². The predicted octanol–water partition coefficient (Wildman–Crippen LogP) is 3.57. The van der Waals surface area contributed by atoms with Gasteiger partial charge < -0.3 is 5.32 Å². The molecular weight excluding hydrogens is 291 g/mol. The summed E-state index contributed by atoms with van der Waals surface area (Å²) < 4.78 is 40.7. The van der Waals surface area contributed by atoms with Crippen LogP contribution in [0.4, 0.5) is 13.2 Å². The molecule has 0 aliphatic rings. The summed E-state index contributed by atoms with van der Waals surface area (Å²) in [5.41, 5.74) is 0.273. The minimum absolute atomic E-state index is 0.0349. The Hall–Kier alpha value is -1.53. The molecule has 0 fully saturated rings. The minimum atomic E-state index is -4.45. The number of aryl methyl sites for hydroxylation is 1. The van der Waals surface area contributed by atoms with Crippen LogP contribution in [0, 0.1) is 6.92 Å². The summed E-state index contributed by atoms with van der Waals surface area (Å²) in [6.45, 7) is 2.00. The molecule has 1 aromatic carbocycles. The zero-order valence-corrected chi connectivity index (χ0v) is 11.7. The van der Waals surface area contributed by atoms with Gasteiger partial charge in [0.2, 0.25) is 0 Å². The number of benzene rings is 1. The Balaban J connectivity index is 2.57. The van der Waals surface area contributed by atoms with Crippen LogP contribution in [0.2, 0.25) is 5.02 Å². The van der Waals surface area contributed by atoms with E-state index in [-0.39, 0.29) is 5.69 Å². The molecule has 1 N–H and O–H groups in total. The van der Waals surface area contributed by atoms with Gasteiger partial charge in [0.15, 0.2) is 0 Å². The summed E-state index contributed by atoms with van der Waals surface area (Å²) in [7, 11) is 1.68. The van der Waals surface area contributed by atoms with Crippen LogP contribution in [0.15, 0.2) is 24.4 Å². The van der Waals surface area contributed by atoms with Crippen LogP contribution >= 0.6 is 11.6 Å². The van der Waals surface area contributed by atoms with Crippen LogP contribution in [0.3, 0.4) is 0 Å². The van der Waals surface area contributed by atoms with Crippen molar-refractivity contribution in [2.24, 2.45) is 0 Å². The predicted molar refractivity (Wildman–Crippen MR) is 71.1 cm³/mol. The lowest BCUT2D eigenvalue weighted by atomic mass is 10.1. The van der Waals surface area contributed by atoms with E-state index >= 15 is 0 Å². The fourth-order valence-electron chi connectivity index (χ4n) is 1.89. The molecule has 0 saturated heterocycles. The number of halogens is 4. The fraction of sp³-hybridized carbons (Fsp3) is 0.308. The molecule has 1 aromatic heterocycles. The van der Waals surface area contributed by atoms with E-state index in [1.807, 2.05) is 0 Å². The van der Waals surface area contributed by atoms with Gasteiger partial charge in [-0.05, 0) is 31.7 Å². The SMILES string of the molecule is CNCc1ccc(-n2cc(Cl)c(C)n2)c(C(F)(F)F)c1. The maximum absolute atomic E-state index is 13.2. The van der Waals surface area contributed by atoms with Gasteiger partial charge in [-0.15, -0.1) is 0 Å². The highest BCUT2D eigenvalue weighted by Crippen LogP contribution is 2.35. The molecule has 1 heterocycles. The Kier molecular flexibility index (Phi) is 4.06. The van der Waals surface area contributed by atoms with Crippen LogP contribution in [-0.4, -0.2) is 16.8 Å². The highest BCUT2D eigenvalue weighted by atomic mass is 35.5. The van der Waals surface area contributed by atoms with Gasteiger partial charge in [-0.2, -0.15) is 18.3 Å². The number of aromatic nitrogens is 2. The molecule has 0 saturated carbocycles.